The standard InChI is InChI=1S/C28H23ClNOPS2/c1-21(31)30-27(28(33)34-26-19-17-22(29)18-20-26)32(23-11-5-2-6-12-23,24-13-7-3-8-14-24)25-15-9-4-10-16-25/h2-20H,1H3,(H-,30,31,33)/p+1/b28-27-. The van der Waals surface area contributed by atoms with Gasteiger partial charge in [-0.25, -0.2) is 0 Å². The van der Waals surface area contributed by atoms with E-state index < -0.39 is 7.26 Å². The number of nitrogens with one attached hydrogen (secondary N) is 1. The van der Waals surface area contributed by atoms with Crippen molar-refractivity contribution in [1.82, 2.24) is 5.32 Å². The fraction of sp³-hybridized carbons (Fsp3) is 0.0357. The maximum atomic E-state index is 12.6. The van der Waals surface area contributed by atoms with Gasteiger partial charge in [0.1, 0.15) is 20.2 Å². The normalized spacial score (nSPS) is 12.1. The lowest BCUT2D eigenvalue weighted by molar-refractivity contribution is -0.118. The Morgan fingerprint density at radius 1 is 0.735 bits per heavy atom. The molecule has 34 heavy (non-hydrogen) atoms. The molecule has 0 spiro atoms. The largest absolute Gasteiger partial charge is 0.295 e. The lowest BCUT2D eigenvalue weighted by Gasteiger charge is -2.30. The molecule has 0 aliphatic heterocycles. The molecule has 0 heterocycles. The van der Waals surface area contributed by atoms with E-state index in [-0.39, 0.29) is 5.91 Å². The van der Waals surface area contributed by atoms with Crippen LogP contribution in [0.3, 0.4) is 0 Å². The highest BCUT2D eigenvalue weighted by atomic mass is 35.5. The van der Waals surface area contributed by atoms with Crippen LogP contribution in [0.1, 0.15) is 6.92 Å². The van der Waals surface area contributed by atoms with Crippen LogP contribution in [0.2, 0.25) is 5.02 Å². The van der Waals surface area contributed by atoms with Gasteiger partial charge in [0.05, 0.1) is 0 Å². The van der Waals surface area contributed by atoms with E-state index in [9.17, 15) is 4.79 Å². The van der Waals surface area contributed by atoms with Gasteiger partial charge in [0.25, 0.3) is 0 Å². The molecular formula is C28H24ClNOPS2+. The predicted octanol–water partition coefficient (Wildman–Crippen LogP) is 6.62. The van der Waals surface area contributed by atoms with Crippen molar-refractivity contribution < 1.29 is 4.79 Å². The van der Waals surface area contributed by atoms with E-state index in [1.807, 2.05) is 78.9 Å². The minimum absolute atomic E-state index is 0.134. The van der Waals surface area contributed by atoms with E-state index >= 15 is 0 Å². The highest BCUT2D eigenvalue weighted by Crippen LogP contribution is 2.63. The van der Waals surface area contributed by atoms with Crippen LogP contribution in [0.5, 0.6) is 0 Å². The maximum absolute atomic E-state index is 12.6. The van der Waals surface area contributed by atoms with E-state index in [1.54, 1.807) is 6.92 Å². The highest BCUT2D eigenvalue weighted by molar-refractivity contribution is 8.16. The van der Waals surface area contributed by atoms with Crippen molar-refractivity contribution in [2.24, 2.45) is 0 Å². The predicted molar refractivity (Wildman–Crippen MR) is 152 cm³/mol. The van der Waals surface area contributed by atoms with E-state index in [4.69, 9.17) is 24.2 Å². The van der Waals surface area contributed by atoms with Crippen LogP contribution in [0.25, 0.3) is 0 Å². The summed E-state index contributed by atoms with van der Waals surface area (Å²) in [7, 11) is -2.50. The summed E-state index contributed by atoms with van der Waals surface area (Å²) in [4.78, 5) is 13.6. The smallest absolute Gasteiger partial charge is 0.223 e. The molecule has 0 atom stereocenters. The summed E-state index contributed by atoms with van der Waals surface area (Å²) >= 11 is 12.6. The summed E-state index contributed by atoms with van der Waals surface area (Å²) < 4.78 is 0.738. The van der Waals surface area contributed by atoms with Gasteiger partial charge < -0.3 is 0 Å². The zero-order valence-corrected chi connectivity index (χ0v) is 21.9. The van der Waals surface area contributed by atoms with Crippen molar-refractivity contribution in [2.75, 3.05) is 0 Å². The first-order valence-corrected chi connectivity index (χ1v) is 14.2. The van der Waals surface area contributed by atoms with Crippen LogP contribution >= 0.6 is 43.3 Å². The Balaban J connectivity index is 2.07. The van der Waals surface area contributed by atoms with E-state index in [0.29, 0.717) is 5.02 Å². The highest BCUT2D eigenvalue weighted by Gasteiger charge is 2.51. The average Bonchev–Trinajstić information content (AvgIpc) is 2.87. The minimum atomic E-state index is -2.50. The molecule has 1 amide bonds. The van der Waals surface area contributed by atoms with Gasteiger partial charge in [-0.15, -0.1) is 12.6 Å². The Morgan fingerprint density at radius 2 is 1.15 bits per heavy atom. The molecule has 2 nitrogen and oxygen atoms in total. The van der Waals surface area contributed by atoms with E-state index in [1.165, 1.54) is 11.8 Å². The molecule has 0 saturated heterocycles. The summed E-state index contributed by atoms with van der Waals surface area (Å²) in [5.74, 6) is -0.134. The molecule has 0 bridgehead atoms. The second-order valence-electron chi connectivity index (χ2n) is 7.57. The summed E-state index contributed by atoms with van der Waals surface area (Å²) in [6, 6.07) is 38.8. The second-order valence-corrected chi connectivity index (χ2v) is 13.2. The fourth-order valence-corrected chi connectivity index (χ4v) is 10.2. The lowest BCUT2D eigenvalue weighted by Crippen LogP contribution is -2.38. The number of carbonyl (C=O) groups excluding carboxylic acids is 1. The van der Waals surface area contributed by atoms with Gasteiger partial charge in [-0.2, -0.15) is 0 Å². The van der Waals surface area contributed by atoms with Gasteiger partial charge >= 0.3 is 0 Å². The summed E-state index contributed by atoms with van der Waals surface area (Å²) in [5.41, 5.74) is 0.812. The molecular weight excluding hydrogens is 497 g/mol. The van der Waals surface area contributed by atoms with Crippen molar-refractivity contribution in [3.8, 4) is 0 Å². The van der Waals surface area contributed by atoms with Gasteiger partial charge in [-0.1, -0.05) is 78.0 Å². The van der Waals surface area contributed by atoms with Gasteiger partial charge in [-0.05, 0) is 60.7 Å². The molecule has 6 heteroatoms. The van der Waals surface area contributed by atoms with Crippen LogP contribution < -0.4 is 21.2 Å². The molecule has 0 fully saturated rings. The number of rotatable bonds is 7. The second kappa shape index (κ2) is 11.3. The number of halogens is 1. The first-order chi connectivity index (χ1) is 16.5. The summed E-state index contributed by atoms with van der Waals surface area (Å²) in [6.45, 7) is 1.55. The minimum Gasteiger partial charge on any atom is -0.295 e. The number of benzene rings is 4. The molecule has 0 aromatic heterocycles. The maximum Gasteiger partial charge on any atom is 0.223 e. The Morgan fingerprint density at radius 3 is 1.53 bits per heavy atom. The Bertz CT molecular complexity index is 1180. The van der Waals surface area contributed by atoms with Crippen molar-refractivity contribution in [3.63, 3.8) is 0 Å². The van der Waals surface area contributed by atoms with Crippen LogP contribution in [-0.2, 0) is 4.79 Å². The van der Waals surface area contributed by atoms with Crippen molar-refractivity contribution in [1.29, 1.82) is 0 Å². The average molecular weight is 521 g/mol. The van der Waals surface area contributed by atoms with Crippen molar-refractivity contribution in [2.45, 2.75) is 11.8 Å². The Hall–Kier alpha value is -2.49. The summed E-state index contributed by atoms with van der Waals surface area (Å²) in [5, 5.41) is 7.31. The van der Waals surface area contributed by atoms with Gasteiger partial charge in [0.15, 0.2) is 12.7 Å². The van der Waals surface area contributed by atoms with Crippen LogP contribution in [0.4, 0.5) is 0 Å². The number of thiol groups is 1. The molecule has 0 radical (unpaired) electrons. The summed E-state index contributed by atoms with van der Waals surface area (Å²) in [6.07, 6.45) is 0. The quantitative estimate of drug-likeness (QED) is 0.163. The number of amides is 1. The molecule has 0 aliphatic carbocycles. The van der Waals surface area contributed by atoms with Gasteiger partial charge in [0.2, 0.25) is 5.91 Å². The Kier molecular flexibility index (Phi) is 8.18. The molecule has 4 aromatic rings. The molecule has 4 aromatic carbocycles. The van der Waals surface area contributed by atoms with Crippen molar-refractivity contribution in [3.05, 3.63) is 130 Å². The zero-order valence-electron chi connectivity index (χ0n) is 18.6. The molecule has 170 valence electrons. The first-order valence-electron chi connectivity index (χ1n) is 10.7. The first kappa shape index (κ1) is 24.6. The van der Waals surface area contributed by atoms with E-state index in [2.05, 4.69) is 41.7 Å². The molecule has 4 rings (SSSR count). The van der Waals surface area contributed by atoms with Gasteiger partial charge in [0, 0.05) is 16.8 Å². The number of hydrogen-bond acceptors (Lipinski definition) is 3. The third-order valence-electron chi connectivity index (χ3n) is 5.29. The zero-order chi connectivity index (χ0) is 24.0. The van der Waals surface area contributed by atoms with Crippen molar-refractivity contribution >= 4 is 65.1 Å². The Labute approximate surface area is 216 Å². The number of hydrogen-bond donors (Lipinski definition) is 2. The monoisotopic (exact) mass is 520 g/mol. The number of thioether (sulfide) groups is 1. The molecule has 0 unspecified atom stereocenters. The number of carbonyl (C=O) groups is 1. The van der Waals surface area contributed by atoms with Gasteiger partial charge in [-0.3, -0.25) is 10.1 Å². The van der Waals surface area contributed by atoms with E-state index in [0.717, 1.165) is 30.5 Å². The SMILES string of the molecule is CC(=O)N/C(=C(\S)Sc1ccc(Cl)cc1)[P+](c1ccccc1)(c1ccccc1)c1ccccc1. The molecule has 0 aliphatic rings. The lowest BCUT2D eigenvalue weighted by atomic mass is 10.4. The topological polar surface area (TPSA) is 29.1 Å². The third kappa shape index (κ3) is 5.26. The van der Waals surface area contributed by atoms with Crippen LogP contribution in [0.15, 0.2) is 130 Å². The third-order valence-corrected chi connectivity index (χ3v) is 11.5. The molecule has 0 saturated carbocycles. The molecule has 1 N–H and O–H groups in total. The fourth-order valence-electron chi connectivity index (χ4n) is 3.90. The van der Waals surface area contributed by atoms with Crippen LogP contribution in [0, 0.1) is 0 Å². The van der Waals surface area contributed by atoms with Crippen LogP contribution in [-0.4, -0.2) is 5.91 Å².